The molecule has 0 atom stereocenters. The number of nitrogens with zero attached hydrogens (tertiary/aromatic N) is 2. The van der Waals surface area contributed by atoms with Gasteiger partial charge in [-0.05, 0) is 25.0 Å². The Morgan fingerprint density at radius 3 is 2.63 bits per heavy atom. The third-order valence-corrected chi connectivity index (χ3v) is 3.07. The molecule has 0 aliphatic heterocycles. The van der Waals surface area contributed by atoms with Crippen LogP contribution in [0.1, 0.15) is 18.1 Å². The average Bonchev–Trinajstić information content (AvgIpc) is 2.36. The second kappa shape index (κ2) is 5.48. The van der Waals surface area contributed by atoms with E-state index in [1.54, 1.807) is 0 Å². The first-order valence-electron chi connectivity index (χ1n) is 5.75. The lowest BCUT2D eigenvalue weighted by Gasteiger charge is -2.11. The maximum absolute atomic E-state index is 13.7. The predicted octanol–water partition coefficient (Wildman–Crippen LogP) is 4.02. The molecule has 3 nitrogen and oxygen atoms in total. The summed E-state index contributed by atoms with van der Waals surface area (Å²) >= 11 is 5.93. The van der Waals surface area contributed by atoms with Crippen LogP contribution in [0, 0.1) is 18.6 Å². The van der Waals surface area contributed by atoms with Gasteiger partial charge in [0.25, 0.3) is 0 Å². The number of nitrogens with one attached hydrogen (secondary N) is 1. The molecule has 1 N–H and O–H groups in total. The minimum Gasteiger partial charge on any atom is -0.337 e. The fraction of sp³-hybridized carbons (Fsp3) is 0.231. The molecule has 2 rings (SSSR count). The second-order valence-electron chi connectivity index (χ2n) is 4.05. The zero-order chi connectivity index (χ0) is 14.0. The van der Waals surface area contributed by atoms with Crippen LogP contribution in [0.4, 0.5) is 20.3 Å². The SMILES string of the molecule is CCc1c(Cl)ncnc1Nc1cc(F)c(C)cc1F. The van der Waals surface area contributed by atoms with Crippen molar-refractivity contribution < 1.29 is 8.78 Å². The van der Waals surface area contributed by atoms with Gasteiger partial charge in [-0.1, -0.05) is 18.5 Å². The highest BCUT2D eigenvalue weighted by atomic mass is 35.5. The molecule has 19 heavy (non-hydrogen) atoms. The Balaban J connectivity index is 2.42. The van der Waals surface area contributed by atoms with Crippen LogP contribution in [-0.4, -0.2) is 9.97 Å². The van der Waals surface area contributed by atoms with Crippen molar-refractivity contribution in [3.63, 3.8) is 0 Å². The summed E-state index contributed by atoms with van der Waals surface area (Å²) in [5.74, 6) is -0.651. The molecular weight excluding hydrogens is 272 g/mol. The third-order valence-electron chi connectivity index (χ3n) is 2.75. The monoisotopic (exact) mass is 283 g/mol. The average molecular weight is 284 g/mol. The minimum atomic E-state index is -0.546. The van der Waals surface area contributed by atoms with Gasteiger partial charge in [0.1, 0.15) is 28.9 Å². The Morgan fingerprint density at radius 2 is 1.95 bits per heavy atom. The van der Waals surface area contributed by atoms with E-state index in [1.165, 1.54) is 13.3 Å². The van der Waals surface area contributed by atoms with Crippen LogP contribution in [0.5, 0.6) is 0 Å². The predicted molar refractivity (Wildman–Crippen MR) is 70.8 cm³/mol. The van der Waals surface area contributed by atoms with Gasteiger partial charge in [-0.25, -0.2) is 18.7 Å². The Morgan fingerprint density at radius 1 is 1.21 bits per heavy atom. The van der Waals surface area contributed by atoms with Crippen LogP contribution in [0.3, 0.4) is 0 Å². The van der Waals surface area contributed by atoms with Crippen molar-refractivity contribution in [2.45, 2.75) is 20.3 Å². The summed E-state index contributed by atoms with van der Waals surface area (Å²) in [5.41, 5.74) is 0.927. The molecule has 0 fully saturated rings. The molecule has 0 unspecified atom stereocenters. The number of hydrogen-bond acceptors (Lipinski definition) is 3. The van der Waals surface area contributed by atoms with E-state index in [1.807, 2.05) is 6.92 Å². The van der Waals surface area contributed by atoms with Crippen LogP contribution in [-0.2, 0) is 6.42 Å². The fourth-order valence-electron chi connectivity index (χ4n) is 1.68. The number of anilines is 2. The summed E-state index contributed by atoms with van der Waals surface area (Å²) in [7, 11) is 0. The van der Waals surface area contributed by atoms with Crippen molar-refractivity contribution in [1.82, 2.24) is 9.97 Å². The topological polar surface area (TPSA) is 37.8 Å². The number of rotatable bonds is 3. The normalized spacial score (nSPS) is 10.6. The lowest BCUT2D eigenvalue weighted by molar-refractivity contribution is 0.595. The van der Waals surface area contributed by atoms with Crippen LogP contribution in [0.2, 0.25) is 5.15 Å². The zero-order valence-electron chi connectivity index (χ0n) is 10.5. The smallest absolute Gasteiger partial charge is 0.147 e. The van der Waals surface area contributed by atoms with Crippen molar-refractivity contribution in [3.05, 3.63) is 46.4 Å². The summed E-state index contributed by atoms with van der Waals surface area (Å²) in [4.78, 5) is 7.86. The molecule has 0 aliphatic carbocycles. The summed E-state index contributed by atoms with van der Waals surface area (Å²) in [6.45, 7) is 3.38. The van der Waals surface area contributed by atoms with E-state index >= 15 is 0 Å². The van der Waals surface area contributed by atoms with Gasteiger partial charge in [0.2, 0.25) is 0 Å². The maximum atomic E-state index is 13.7. The highest BCUT2D eigenvalue weighted by Gasteiger charge is 2.12. The molecule has 0 saturated heterocycles. The van der Waals surface area contributed by atoms with E-state index in [9.17, 15) is 8.78 Å². The van der Waals surface area contributed by atoms with Gasteiger partial charge in [-0.2, -0.15) is 0 Å². The molecule has 0 saturated carbocycles. The van der Waals surface area contributed by atoms with Crippen molar-refractivity contribution in [3.8, 4) is 0 Å². The molecule has 1 aromatic heterocycles. The molecule has 2 aromatic rings. The summed E-state index contributed by atoms with van der Waals surface area (Å²) < 4.78 is 27.2. The largest absolute Gasteiger partial charge is 0.337 e. The van der Waals surface area contributed by atoms with E-state index in [0.717, 1.165) is 12.1 Å². The van der Waals surface area contributed by atoms with Crippen molar-refractivity contribution in [1.29, 1.82) is 0 Å². The summed E-state index contributed by atoms with van der Waals surface area (Å²) in [6, 6.07) is 2.23. The van der Waals surface area contributed by atoms with Gasteiger partial charge >= 0.3 is 0 Å². The van der Waals surface area contributed by atoms with E-state index < -0.39 is 11.6 Å². The number of aromatic nitrogens is 2. The quantitative estimate of drug-likeness (QED) is 0.865. The highest BCUT2D eigenvalue weighted by Crippen LogP contribution is 2.26. The van der Waals surface area contributed by atoms with Crippen molar-refractivity contribution in [2.75, 3.05) is 5.32 Å². The van der Waals surface area contributed by atoms with Crippen LogP contribution in [0.15, 0.2) is 18.5 Å². The van der Waals surface area contributed by atoms with Gasteiger partial charge in [0.15, 0.2) is 0 Å². The van der Waals surface area contributed by atoms with Crippen LogP contribution < -0.4 is 5.32 Å². The molecule has 0 amide bonds. The molecule has 0 spiro atoms. The Labute approximate surface area is 114 Å². The summed E-state index contributed by atoms with van der Waals surface area (Å²) in [6.07, 6.45) is 1.85. The number of aryl methyl sites for hydroxylation is 1. The molecule has 6 heteroatoms. The van der Waals surface area contributed by atoms with Gasteiger partial charge in [-0.15, -0.1) is 0 Å². The first kappa shape index (κ1) is 13.7. The van der Waals surface area contributed by atoms with Crippen molar-refractivity contribution in [2.24, 2.45) is 0 Å². The molecule has 1 aromatic carbocycles. The zero-order valence-corrected chi connectivity index (χ0v) is 11.2. The molecule has 0 bridgehead atoms. The highest BCUT2D eigenvalue weighted by molar-refractivity contribution is 6.30. The lowest BCUT2D eigenvalue weighted by atomic mass is 10.2. The molecule has 0 radical (unpaired) electrons. The Bertz CT molecular complexity index is 617. The standard InChI is InChI=1S/C13H12ClF2N3/c1-3-8-12(14)17-6-18-13(8)19-11-5-9(15)7(2)4-10(11)16/h4-6H,3H2,1-2H3,(H,17,18,19). The first-order valence-corrected chi connectivity index (χ1v) is 6.12. The first-order chi connectivity index (χ1) is 9.02. The van der Waals surface area contributed by atoms with Gasteiger partial charge < -0.3 is 5.32 Å². The Kier molecular flexibility index (Phi) is 3.95. The van der Waals surface area contributed by atoms with Crippen LogP contribution >= 0.6 is 11.6 Å². The van der Waals surface area contributed by atoms with Crippen LogP contribution in [0.25, 0.3) is 0 Å². The van der Waals surface area contributed by atoms with E-state index in [2.05, 4.69) is 15.3 Å². The Hall–Kier alpha value is -1.75. The molecular formula is C13H12ClF2N3. The summed E-state index contributed by atoms with van der Waals surface area (Å²) in [5, 5.41) is 3.05. The molecule has 1 heterocycles. The lowest BCUT2D eigenvalue weighted by Crippen LogP contribution is -2.03. The number of benzene rings is 1. The molecule has 0 aliphatic rings. The second-order valence-corrected chi connectivity index (χ2v) is 4.41. The number of halogens is 3. The fourth-order valence-corrected chi connectivity index (χ4v) is 1.95. The van der Waals surface area contributed by atoms with E-state index in [4.69, 9.17) is 11.6 Å². The van der Waals surface area contributed by atoms with Gasteiger partial charge in [-0.3, -0.25) is 0 Å². The third kappa shape index (κ3) is 2.81. The number of hydrogen-bond donors (Lipinski definition) is 1. The van der Waals surface area contributed by atoms with Gasteiger partial charge in [0.05, 0.1) is 5.69 Å². The van der Waals surface area contributed by atoms with E-state index in [0.29, 0.717) is 23.0 Å². The minimum absolute atomic E-state index is 0.0209. The van der Waals surface area contributed by atoms with Gasteiger partial charge in [0, 0.05) is 11.6 Å². The van der Waals surface area contributed by atoms with Crippen molar-refractivity contribution >= 4 is 23.1 Å². The molecule has 100 valence electrons. The van der Waals surface area contributed by atoms with E-state index in [-0.39, 0.29) is 11.3 Å². The maximum Gasteiger partial charge on any atom is 0.147 e.